The van der Waals surface area contributed by atoms with Crippen molar-refractivity contribution in [2.45, 2.75) is 12.8 Å². The van der Waals surface area contributed by atoms with Gasteiger partial charge >= 0.3 is 0 Å². The average Bonchev–Trinajstić information content (AvgIpc) is 3.23. The Balaban J connectivity index is 1.54. The number of hydrogen-bond donors (Lipinski definition) is 3. The van der Waals surface area contributed by atoms with Crippen LogP contribution in [0, 0.1) is 0 Å². The van der Waals surface area contributed by atoms with Crippen LogP contribution in [-0.4, -0.2) is 35.1 Å². The van der Waals surface area contributed by atoms with Crippen LogP contribution in [0.5, 0.6) is 0 Å². The monoisotopic (exact) mass is 366 g/mol. The quantitative estimate of drug-likeness (QED) is 0.729. The van der Waals surface area contributed by atoms with Crippen molar-refractivity contribution < 1.29 is 9.59 Å². The Bertz CT molecular complexity index is 915. The second kappa shape index (κ2) is 7.21. The molecule has 3 N–H and O–H groups in total. The summed E-state index contributed by atoms with van der Waals surface area (Å²) in [7, 11) is 0. The highest BCUT2D eigenvalue weighted by molar-refractivity contribution is 8.18. The number of carbonyl (C=O) groups is 2. The molecule has 2 aliphatic heterocycles. The molecule has 7 heteroatoms. The van der Waals surface area contributed by atoms with Gasteiger partial charge in [0.25, 0.3) is 11.8 Å². The Hall–Kier alpha value is -2.80. The summed E-state index contributed by atoms with van der Waals surface area (Å²) in [6.45, 7) is 1.12. The fourth-order valence-electron chi connectivity index (χ4n) is 3.09. The van der Waals surface area contributed by atoms with E-state index in [1.165, 1.54) is 17.3 Å². The molecular formula is C19H18N4O2S. The van der Waals surface area contributed by atoms with E-state index in [1.54, 1.807) is 6.20 Å². The third kappa shape index (κ3) is 3.30. The zero-order valence-electron chi connectivity index (χ0n) is 14.0. The van der Waals surface area contributed by atoms with Crippen LogP contribution in [0.15, 0.2) is 52.5 Å². The molecule has 2 amide bonds. The number of benzene rings is 1. The maximum atomic E-state index is 12.5. The highest BCUT2D eigenvalue weighted by Gasteiger charge is 2.30. The maximum Gasteiger partial charge on any atom is 0.268 e. The molecule has 3 heterocycles. The minimum absolute atomic E-state index is 0.138. The number of nitrogens with one attached hydrogen (secondary N) is 3. The smallest absolute Gasteiger partial charge is 0.268 e. The number of amidine groups is 1. The van der Waals surface area contributed by atoms with E-state index in [0.29, 0.717) is 35.3 Å². The van der Waals surface area contributed by atoms with Crippen molar-refractivity contribution in [3.8, 4) is 0 Å². The lowest BCUT2D eigenvalue weighted by Gasteiger charge is -2.05. The van der Waals surface area contributed by atoms with Crippen LogP contribution in [0.25, 0.3) is 5.57 Å². The third-order valence-electron chi connectivity index (χ3n) is 4.36. The first-order valence-corrected chi connectivity index (χ1v) is 9.30. The predicted octanol–water partition coefficient (Wildman–Crippen LogP) is 2.32. The Morgan fingerprint density at radius 2 is 1.92 bits per heavy atom. The Labute approximate surface area is 155 Å². The molecule has 1 fully saturated rings. The van der Waals surface area contributed by atoms with Crippen molar-refractivity contribution in [1.29, 1.82) is 0 Å². The number of amides is 2. The van der Waals surface area contributed by atoms with Gasteiger partial charge in [-0.3, -0.25) is 14.6 Å². The van der Waals surface area contributed by atoms with Gasteiger partial charge in [0.2, 0.25) is 0 Å². The minimum atomic E-state index is -0.148. The number of hydrogen-bond acceptors (Lipinski definition) is 4. The molecule has 26 heavy (non-hydrogen) atoms. The van der Waals surface area contributed by atoms with Gasteiger partial charge in [0.05, 0.1) is 4.91 Å². The van der Waals surface area contributed by atoms with Gasteiger partial charge in [-0.1, -0.05) is 30.3 Å². The first-order chi connectivity index (χ1) is 12.7. The second-order valence-electron chi connectivity index (χ2n) is 6.06. The van der Waals surface area contributed by atoms with Crippen LogP contribution in [0.3, 0.4) is 0 Å². The molecule has 0 radical (unpaired) electrons. The number of aromatic nitrogens is 1. The summed E-state index contributed by atoms with van der Waals surface area (Å²) < 4.78 is 0. The lowest BCUT2D eigenvalue weighted by molar-refractivity contribution is -0.115. The largest absolute Gasteiger partial charge is 0.357 e. The fraction of sp³-hybridized carbons (Fsp3) is 0.211. The maximum absolute atomic E-state index is 12.5. The zero-order valence-corrected chi connectivity index (χ0v) is 14.9. The summed E-state index contributed by atoms with van der Waals surface area (Å²) in [5.74, 6) is -0.286. The van der Waals surface area contributed by atoms with Crippen LogP contribution in [0.4, 0.5) is 0 Å². The zero-order chi connectivity index (χ0) is 17.9. The number of fused-ring (bicyclic) bond motifs is 1. The molecule has 2 aromatic rings. The van der Waals surface area contributed by atoms with Gasteiger partial charge in [0, 0.05) is 24.8 Å². The number of aliphatic imine (C=N–C) groups is 1. The molecule has 1 aromatic carbocycles. The SMILES string of the molecule is O=C1NC(=NCCc2ccccc2)S/C1=C1/CCNC(=O)c2[nH]ccc21. The number of aromatic amines is 1. The first-order valence-electron chi connectivity index (χ1n) is 8.49. The number of nitrogens with zero attached hydrogens (tertiary/aromatic N) is 1. The number of H-pyrrole nitrogens is 1. The summed E-state index contributed by atoms with van der Waals surface area (Å²) in [6.07, 6.45) is 3.17. The highest BCUT2D eigenvalue weighted by Crippen LogP contribution is 2.35. The van der Waals surface area contributed by atoms with Crippen LogP contribution in [0.2, 0.25) is 0 Å². The first kappa shape index (κ1) is 16.7. The molecule has 4 rings (SSSR count). The second-order valence-corrected chi connectivity index (χ2v) is 7.06. The summed E-state index contributed by atoms with van der Waals surface area (Å²) in [5, 5.41) is 6.31. The molecule has 6 nitrogen and oxygen atoms in total. The van der Waals surface area contributed by atoms with Gasteiger partial charge < -0.3 is 15.6 Å². The highest BCUT2D eigenvalue weighted by atomic mass is 32.2. The van der Waals surface area contributed by atoms with E-state index in [4.69, 9.17) is 0 Å². The van der Waals surface area contributed by atoms with Crippen LogP contribution in [0.1, 0.15) is 28.0 Å². The van der Waals surface area contributed by atoms with Crippen LogP contribution in [-0.2, 0) is 11.2 Å². The third-order valence-corrected chi connectivity index (χ3v) is 5.42. The molecule has 1 aromatic heterocycles. The predicted molar refractivity (Wildman–Crippen MR) is 103 cm³/mol. The Morgan fingerprint density at radius 3 is 2.77 bits per heavy atom. The Kier molecular flexibility index (Phi) is 4.62. The van der Waals surface area contributed by atoms with Gasteiger partial charge in [0.1, 0.15) is 5.69 Å². The van der Waals surface area contributed by atoms with Crippen molar-refractivity contribution in [1.82, 2.24) is 15.6 Å². The lowest BCUT2D eigenvalue weighted by atomic mass is 10.0. The summed E-state index contributed by atoms with van der Waals surface area (Å²) in [5.41, 5.74) is 3.40. The average molecular weight is 366 g/mol. The van der Waals surface area contributed by atoms with Gasteiger partial charge in [-0.05, 0) is 41.8 Å². The standard InChI is InChI=1S/C19H18N4O2S/c24-17-15-13(7-10-20-15)14(8-11-21-17)16-18(25)23-19(26-16)22-9-6-12-4-2-1-3-5-12/h1-5,7,10,20H,6,8-9,11H2,(H,21,24)(H,22,23,25)/b16-14-. The van der Waals surface area contributed by atoms with Crippen LogP contribution >= 0.6 is 11.8 Å². The van der Waals surface area contributed by atoms with Crippen molar-refractivity contribution in [3.63, 3.8) is 0 Å². The number of thioether (sulfide) groups is 1. The van der Waals surface area contributed by atoms with Crippen molar-refractivity contribution >= 4 is 34.3 Å². The number of rotatable bonds is 3. The van der Waals surface area contributed by atoms with Gasteiger partial charge in [0.15, 0.2) is 5.17 Å². The van der Waals surface area contributed by atoms with Gasteiger partial charge in [-0.2, -0.15) is 0 Å². The van der Waals surface area contributed by atoms with E-state index in [2.05, 4.69) is 32.7 Å². The molecule has 132 valence electrons. The molecule has 2 aliphatic rings. The molecule has 1 saturated heterocycles. The minimum Gasteiger partial charge on any atom is -0.357 e. The Morgan fingerprint density at radius 1 is 1.08 bits per heavy atom. The van der Waals surface area contributed by atoms with E-state index in [-0.39, 0.29) is 11.8 Å². The molecule has 0 unspecified atom stereocenters. The molecular weight excluding hydrogens is 348 g/mol. The lowest BCUT2D eigenvalue weighted by Crippen LogP contribution is -2.22. The number of carbonyl (C=O) groups excluding carboxylic acids is 2. The van der Waals surface area contributed by atoms with Crippen molar-refractivity contribution in [3.05, 3.63) is 64.3 Å². The van der Waals surface area contributed by atoms with Gasteiger partial charge in [-0.25, -0.2) is 0 Å². The molecule has 0 saturated carbocycles. The fourth-order valence-corrected chi connectivity index (χ4v) is 4.06. The summed E-state index contributed by atoms with van der Waals surface area (Å²) in [6, 6.07) is 12.0. The summed E-state index contributed by atoms with van der Waals surface area (Å²) >= 11 is 1.35. The molecule has 0 spiro atoms. The van der Waals surface area contributed by atoms with Crippen molar-refractivity contribution in [2.24, 2.45) is 4.99 Å². The van der Waals surface area contributed by atoms with E-state index in [9.17, 15) is 9.59 Å². The van der Waals surface area contributed by atoms with Crippen LogP contribution < -0.4 is 10.6 Å². The van der Waals surface area contributed by atoms with Crippen molar-refractivity contribution in [2.75, 3.05) is 13.1 Å². The molecule has 0 atom stereocenters. The van der Waals surface area contributed by atoms with E-state index in [0.717, 1.165) is 17.6 Å². The van der Waals surface area contributed by atoms with Gasteiger partial charge in [-0.15, -0.1) is 0 Å². The summed E-state index contributed by atoms with van der Waals surface area (Å²) in [4.78, 5) is 32.6. The molecule has 0 bridgehead atoms. The molecule has 0 aliphatic carbocycles. The van der Waals surface area contributed by atoms with E-state index < -0.39 is 0 Å². The topological polar surface area (TPSA) is 86.3 Å². The normalized spacial score (nSPS) is 21.3. The van der Waals surface area contributed by atoms with E-state index >= 15 is 0 Å². The van der Waals surface area contributed by atoms with E-state index in [1.807, 2.05) is 24.3 Å².